The highest BCUT2D eigenvalue weighted by Crippen LogP contribution is 2.43. The first-order chi connectivity index (χ1) is 5.13. The summed E-state index contributed by atoms with van der Waals surface area (Å²) in [5.74, 6) is 0. The van der Waals surface area contributed by atoms with E-state index in [1.807, 2.05) is 0 Å². The van der Waals surface area contributed by atoms with Gasteiger partial charge in [-0.3, -0.25) is 0 Å². The van der Waals surface area contributed by atoms with Crippen molar-refractivity contribution in [3.63, 3.8) is 0 Å². The van der Waals surface area contributed by atoms with Gasteiger partial charge in [0.25, 0.3) is 0 Å². The molecule has 0 N–H and O–H groups in total. The van der Waals surface area contributed by atoms with Gasteiger partial charge >= 0.3 is 0 Å². The Hall–Kier alpha value is -0.0600. The molecule has 2 nitrogen and oxygen atoms in total. The fourth-order valence-corrected chi connectivity index (χ4v) is 2.69. The zero-order valence-electron chi connectivity index (χ0n) is 5.72. The van der Waals surface area contributed by atoms with E-state index in [-0.39, 0.29) is 9.65 Å². The molecule has 4 heteroatoms. The first-order valence-corrected chi connectivity index (χ1v) is 5.07. The number of hydrogen-bond donors (Lipinski definition) is 0. The summed E-state index contributed by atoms with van der Waals surface area (Å²) >= 11 is 6.82. The summed E-state index contributed by atoms with van der Waals surface area (Å²) < 4.78 is 0. The highest BCUT2D eigenvalue weighted by atomic mass is 79.9. The van der Waals surface area contributed by atoms with Gasteiger partial charge in [0.05, 0.1) is 12.1 Å². The SMILES string of the molecule is N#CC1(C#N)C[C@@H](Br)[C@H](Br)C1. The average Bonchev–Trinajstić information content (AvgIpc) is 2.29. The van der Waals surface area contributed by atoms with E-state index in [1.54, 1.807) is 0 Å². The van der Waals surface area contributed by atoms with Crippen molar-refractivity contribution in [2.75, 3.05) is 0 Å². The third kappa shape index (κ3) is 1.58. The van der Waals surface area contributed by atoms with Crippen molar-refractivity contribution in [3.8, 4) is 12.1 Å². The Morgan fingerprint density at radius 2 is 1.45 bits per heavy atom. The maximum absolute atomic E-state index is 8.74. The van der Waals surface area contributed by atoms with Crippen LogP contribution in [0, 0.1) is 28.1 Å². The summed E-state index contributed by atoms with van der Waals surface area (Å²) in [4.78, 5) is 0.503. The summed E-state index contributed by atoms with van der Waals surface area (Å²) in [6, 6.07) is 4.13. The molecule has 1 aliphatic carbocycles. The van der Waals surface area contributed by atoms with Gasteiger partial charge in [-0.25, -0.2) is 0 Å². The summed E-state index contributed by atoms with van der Waals surface area (Å²) in [5.41, 5.74) is -0.762. The van der Waals surface area contributed by atoms with Crippen LogP contribution in [0.5, 0.6) is 0 Å². The second kappa shape index (κ2) is 3.13. The van der Waals surface area contributed by atoms with Gasteiger partial charge in [-0.2, -0.15) is 10.5 Å². The Bertz CT molecular complexity index is 212. The van der Waals surface area contributed by atoms with Gasteiger partial charge in [0, 0.05) is 9.65 Å². The van der Waals surface area contributed by atoms with Gasteiger partial charge in [-0.1, -0.05) is 31.9 Å². The summed E-state index contributed by atoms with van der Waals surface area (Å²) in [6.45, 7) is 0. The van der Waals surface area contributed by atoms with Gasteiger partial charge in [0.2, 0.25) is 0 Å². The molecule has 0 spiro atoms. The van der Waals surface area contributed by atoms with Gasteiger partial charge in [0.1, 0.15) is 5.41 Å². The Morgan fingerprint density at radius 1 is 1.09 bits per heavy atom. The van der Waals surface area contributed by atoms with E-state index in [0.717, 1.165) is 0 Å². The molecule has 1 rings (SSSR count). The standard InChI is InChI=1S/C7H6Br2N2/c8-5-1-7(3-10,4-11)2-6(5)9/h5-6H,1-2H2/t5-,6-/m1/s1. The minimum absolute atomic E-state index is 0.252. The van der Waals surface area contributed by atoms with Crippen LogP contribution in [0.25, 0.3) is 0 Å². The van der Waals surface area contributed by atoms with Crippen LogP contribution in [0.15, 0.2) is 0 Å². The third-order valence-electron chi connectivity index (χ3n) is 1.91. The first kappa shape index (κ1) is 9.03. The fraction of sp³-hybridized carbons (Fsp3) is 0.714. The molecule has 1 aliphatic rings. The molecule has 58 valence electrons. The smallest absolute Gasteiger partial charge is 0.146 e. The Balaban J connectivity index is 2.81. The lowest BCUT2D eigenvalue weighted by atomic mass is 9.90. The highest BCUT2D eigenvalue weighted by Gasteiger charge is 2.44. The molecule has 1 fully saturated rings. The summed E-state index contributed by atoms with van der Waals surface area (Å²) in [6.07, 6.45) is 1.24. The molecule has 0 amide bonds. The minimum Gasteiger partial charge on any atom is -0.197 e. The quantitative estimate of drug-likeness (QED) is 0.638. The van der Waals surface area contributed by atoms with Crippen molar-refractivity contribution in [3.05, 3.63) is 0 Å². The summed E-state index contributed by atoms with van der Waals surface area (Å²) in [7, 11) is 0. The maximum atomic E-state index is 8.74. The Kier molecular flexibility index (Phi) is 2.57. The Morgan fingerprint density at radius 3 is 1.64 bits per heavy atom. The van der Waals surface area contributed by atoms with Crippen molar-refractivity contribution in [1.29, 1.82) is 10.5 Å². The van der Waals surface area contributed by atoms with Crippen molar-refractivity contribution >= 4 is 31.9 Å². The van der Waals surface area contributed by atoms with Crippen LogP contribution in [-0.4, -0.2) is 9.65 Å². The molecule has 1 saturated carbocycles. The molecular formula is C7H6Br2N2. The lowest BCUT2D eigenvalue weighted by Gasteiger charge is -2.06. The molecule has 0 saturated heterocycles. The van der Waals surface area contributed by atoms with Crippen molar-refractivity contribution < 1.29 is 0 Å². The lowest BCUT2D eigenvalue weighted by molar-refractivity contribution is 0.550. The van der Waals surface area contributed by atoms with Crippen molar-refractivity contribution in [2.24, 2.45) is 5.41 Å². The van der Waals surface area contributed by atoms with E-state index >= 15 is 0 Å². The molecule has 2 atom stereocenters. The minimum atomic E-state index is -0.762. The van der Waals surface area contributed by atoms with Crippen LogP contribution in [0.3, 0.4) is 0 Å². The second-order valence-electron chi connectivity index (χ2n) is 2.75. The molecule has 11 heavy (non-hydrogen) atoms. The number of nitrogens with zero attached hydrogens (tertiary/aromatic N) is 2. The van der Waals surface area contributed by atoms with Crippen molar-refractivity contribution in [2.45, 2.75) is 22.5 Å². The maximum Gasteiger partial charge on any atom is 0.146 e. The van der Waals surface area contributed by atoms with Crippen LogP contribution < -0.4 is 0 Å². The normalized spacial score (nSPS) is 34.2. The fourth-order valence-electron chi connectivity index (χ4n) is 1.21. The number of nitriles is 2. The molecule has 0 aromatic rings. The highest BCUT2D eigenvalue weighted by molar-refractivity contribution is 9.12. The van der Waals surface area contributed by atoms with Crippen LogP contribution in [0.4, 0.5) is 0 Å². The number of halogens is 2. The molecule has 0 radical (unpaired) electrons. The van der Waals surface area contributed by atoms with Gasteiger partial charge in [0.15, 0.2) is 0 Å². The molecule has 0 aliphatic heterocycles. The molecule has 0 unspecified atom stereocenters. The third-order valence-corrected chi connectivity index (χ3v) is 4.54. The van der Waals surface area contributed by atoms with E-state index in [1.165, 1.54) is 0 Å². The average molecular weight is 278 g/mol. The van der Waals surface area contributed by atoms with Crippen molar-refractivity contribution in [1.82, 2.24) is 0 Å². The second-order valence-corrected chi connectivity index (χ2v) is 5.10. The number of rotatable bonds is 0. The first-order valence-electron chi connectivity index (χ1n) is 3.24. The van der Waals surface area contributed by atoms with Crippen LogP contribution in [0.2, 0.25) is 0 Å². The summed E-state index contributed by atoms with van der Waals surface area (Å²) in [5, 5.41) is 17.5. The lowest BCUT2D eigenvalue weighted by Crippen LogP contribution is -2.10. The van der Waals surface area contributed by atoms with E-state index in [2.05, 4.69) is 44.0 Å². The molecule has 0 aromatic carbocycles. The van der Waals surface area contributed by atoms with Crippen LogP contribution in [0.1, 0.15) is 12.8 Å². The molecular weight excluding hydrogens is 272 g/mol. The van der Waals surface area contributed by atoms with E-state index < -0.39 is 5.41 Å². The van der Waals surface area contributed by atoms with Gasteiger partial charge in [-0.05, 0) is 12.8 Å². The molecule has 0 aromatic heterocycles. The number of alkyl halides is 2. The largest absolute Gasteiger partial charge is 0.197 e. The molecule has 0 bridgehead atoms. The topological polar surface area (TPSA) is 47.6 Å². The predicted octanol–water partition coefficient (Wildman–Crippen LogP) is 2.34. The van der Waals surface area contributed by atoms with Crippen LogP contribution >= 0.6 is 31.9 Å². The van der Waals surface area contributed by atoms with Gasteiger partial charge in [-0.15, -0.1) is 0 Å². The monoisotopic (exact) mass is 276 g/mol. The zero-order valence-corrected chi connectivity index (χ0v) is 8.89. The number of hydrogen-bond acceptors (Lipinski definition) is 2. The van der Waals surface area contributed by atoms with Gasteiger partial charge < -0.3 is 0 Å². The predicted molar refractivity (Wildman–Crippen MR) is 48.3 cm³/mol. The Labute approximate surface area is 82.4 Å². The van der Waals surface area contributed by atoms with Crippen LogP contribution in [-0.2, 0) is 0 Å². The zero-order chi connectivity index (χ0) is 8.48. The van der Waals surface area contributed by atoms with E-state index in [4.69, 9.17) is 10.5 Å². The molecule has 0 heterocycles. The van der Waals surface area contributed by atoms with E-state index in [9.17, 15) is 0 Å². The van der Waals surface area contributed by atoms with E-state index in [0.29, 0.717) is 12.8 Å².